The van der Waals surface area contributed by atoms with Crippen molar-refractivity contribution in [3.8, 4) is 5.75 Å². The van der Waals surface area contributed by atoms with Gasteiger partial charge in [0.1, 0.15) is 5.75 Å². The van der Waals surface area contributed by atoms with Gasteiger partial charge in [-0.05, 0) is 34.8 Å². The van der Waals surface area contributed by atoms with Gasteiger partial charge in [0.15, 0.2) is 5.69 Å². The van der Waals surface area contributed by atoms with Gasteiger partial charge < -0.3 is 10.0 Å². The number of rotatable bonds is 1. The maximum atomic E-state index is 12.0. The van der Waals surface area contributed by atoms with E-state index < -0.39 is 0 Å². The molecular weight excluding hydrogens is 272 g/mol. The fourth-order valence-electron chi connectivity index (χ4n) is 1.80. The highest BCUT2D eigenvalue weighted by Gasteiger charge is 2.37. The van der Waals surface area contributed by atoms with Crippen molar-refractivity contribution in [2.24, 2.45) is 5.92 Å². The lowest BCUT2D eigenvalue weighted by atomic mass is 9.91. The van der Waals surface area contributed by atoms with E-state index in [4.69, 9.17) is 0 Å². The first kappa shape index (κ1) is 11.4. The molecular formula is C11H13BrN2O2. The molecule has 0 bridgehead atoms. The molecule has 0 saturated carbocycles. The van der Waals surface area contributed by atoms with Gasteiger partial charge in [0.25, 0.3) is 5.91 Å². The predicted octanol–water partition coefficient (Wildman–Crippen LogP) is 2.03. The number of pyridine rings is 1. The molecule has 2 unspecified atom stereocenters. The van der Waals surface area contributed by atoms with E-state index in [-0.39, 0.29) is 23.4 Å². The minimum Gasteiger partial charge on any atom is -0.505 e. The van der Waals surface area contributed by atoms with Crippen molar-refractivity contribution in [1.29, 1.82) is 0 Å². The first-order chi connectivity index (χ1) is 7.50. The number of carbonyl (C=O) groups excluding carboxylic acids is 1. The van der Waals surface area contributed by atoms with Crippen LogP contribution in [-0.4, -0.2) is 33.5 Å². The molecule has 1 N–H and O–H groups in total. The number of amides is 1. The first-order valence-electron chi connectivity index (χ1n) is 5.16. The molecule has 0 aliphatic carbocycles. The van der Waals surface area contributed by atoms with E-state index in [1.807, 2.05) is 6.92 Å². The molecule has 4 nitrogen and oxygen atoms in total. The number of likely N-dealkylation sites (tertiary alicyclic amines) is 1. The molecule has 2 atom stereocenters. The Hall–Kier alpha value is -1.10. The van der Waals surface area contributed by atoms with Crippen LogP contribution < -0.4 is 0 Å². The summed E-state index contributed by atoms with van der Waals surface area (Å²) >= 11 is 3.19. The van der Waals surface area contributed by atoms with Crippen molar-refractivity contribution < 1.29 is 9.90 Å². The molecule has 2 rings (SSSR count). The number of hydrogen-bond donors (Lipinski definition) is 1. The van der Waals surface area contributed by atoms with Crippen LogP contribution in [0.25, 0.3) is 0 Å². The monoisotopic (exact) mass is 284 g/mol. The van der Waals surface area contributed by atoms with Crippen molar-refractivity contribution in [1.82, 2.24) is 9.88 Å². The number of carbonyl (C=O) groups is 1. The Kier molecular flexibility index (Phi) is 2.88. The lowest BCUT2D eigenvalue weighted by molar-refractivity contribution is 0.0261. The van der Waals surface area contributed by atoms with E-state index in [1.165, 1.54) is 12.3 Å². The Bertz CT molecular complexity index is 436. The van der Waals surface area contributed by atoms with Gasteiger partial charge in [0, 0.05) is 23.3 Å². The molecule has 5 heteroatoms. The summed E-state index contributed by atoms with van der Waals surface area (Å²) in [5.74, 6) is 0.239. The van der Waals surface area contributed by atoms with E-state index in [1.54, 1.807) is 4.90 Å². The normalized spacial score (nSPS) is 24.1. The van der Waals surface area contributed by atoms with Crippen molar-refractivity contribution in [2.75, 3.05) is 6.54 Å². The van der Waals surface area contributed by atoms with E-state index in [2.05, 4.69) is 27.8 Å². The maximum Gasteiger partial charge on any atom is 0.276 e. The zero-order chi connectivity index (χ0) is 11.9. The lowest BCUT2D eigenvalue weighted by Crippen LogP contribution is -2.56. The summed E-state index contributed by atoms with van der Waals surface area (Å²) in [6.45, 7) is 4.84. The minimum absolute atomic E-state index is 0.0777. The smallest absolute Gasteiger partial charge is 0.276 e. The Morgan fingerprint density at radius 1 is 1.62 bits per heavy atom. The minimum atomic E-state index is -0.199. The predicted molar refractivity (Wildman–Crippen MR) is 63.3 cm³/mol. The van der Waals surface area contributed by atoms with Crippen molar-refractivity contribution in [2.45, 2.75) is 19.9 Å². The molecule has 0 aromatic carbocycles. The molecule has 1 fully saturated rings. The largest absolute Gasteiger partial charge is 0.505 e. The van der Waals surface area contributed by atoms with Crippen molar-refractivity contribution >= 4 is 21.8 Å². The highest BCUT2D eigenvalue weighted by Crippen LogP contribution is 2.28. The van der Waals surface area contributed by atoms with Gasteiger partial charge in [-0.15, -0.1) is 0 Å². The van der Waals surface area contributed by atoms with E-state index in [0.717, 1.165) is 6.54 Å². The van der Waals surface area contributed by atoms with Gasteiger partial charge in [-0.2, -0.15) is 0 Å². The SMILES string of the molecule is CC1CN(C(=O)c2ncc(Br)cc2O)C1C. The van der Waals surface area contributed by atoms with Crippen molar-refractivity contribution in [3.05, 3.63) is 22.4 Å². The molecule has 1 aromatic rings. The standard InChI is InChI=1S/C11H13BrN2O2/c1-6-5-14(7(6)2)11(16)10-9(15)3-8(12)4-13-10/h3-4,6-7,15H,5H2,1-2H3. The highest BCUT2D eigenvalue weighted by molar-refractivity contribution is 9.10. The number of aromatic hydroxyl groups is 1. The summed E-state index contributed by atoms with van der Waals surface area (Å²) in [7, 11) is 0. The summed E-state index contributed by atoms with van der Waals surface area (Å²) in [6.07, 6.45) is 1.51. The summed E-state index contributed by atoms with van der Waals surface area (Å²) in [5.41, 5.74) is 0.127. The van der Waals surface area contributed by atoms with Gasteiger partial charge >= 0.3 is 0 Å². The molecule has 16 heavy (non-hydrogen) atoms. The third kappa shape index (κ3) is 1.80. The van der Waals surface area contributed by atoms with Crippen LogP contribution in [0.4, 0.5) is 0 Å². The van der Waals surface area contributed by atoms with E-state index in [9.17, 15) is 9.90 Å². The first-order valence-corrected chi connectivity index (χ1v) is 5.95. The van der Waals surface area contributed by atoms with Crippen LogP contribution in [0.1, 0.15) is 24.3 Å². The second kappa shape index (κ2) is 4.05. The number of hydrogen-bond acceptors (Lipinski definition) is 3. The summed E-state index contributed by atoms with van der Waals surface area (Å²) in [5, 5.41) is 9.64. The fourth-order valence-corrected chi connectivity index (χ4v) is 2.11. The molecule has 0 spiro atoms. The van der Waals surface area contributed by atoms with Crippen LogP contribution >= 0.6 is 15.9 Å². The molecule has 2 heterocycles. The van der Waals surface area contributed by atoms with Crippen LogP contribution in [0.3, 0.4) is 0 Å². The zero-order valence-electron chi connectivity index (χ0n) is 9.14. The molecule has 1 aliphatic rings. The Balaban J connectivity index is 2.22. The van der Waals surface area contributed by atoms with E-state index >= 15 is 0 Å². The second-order valence-electron chi connectivity index (χ2n) is 4.20. The van der Waals surface area contributed by atoms with Gasteiger partial charge in [-0.3, -0.25) is 4.79 Å². The molecule has 1 aromatic heterocycles. The molecule has 1 amide bonds. The Labute approximate surface area is 102 Å². The van der Waals surface area contributed by atoms with Gasteiger partial charge in [-0.1, -0.05) is 6.92 Å². The summed E-state index contributed by atoms with van der Waals surface area (Å²) in [4.78, 5) is 17.7. The highest BCUT2D eigenvalue weighted by atomic mass is 79.9. The van der Waals surface area contributed by atoms with Crippen LogP contribution in [0, 0.1) is 5.92 Å². The van der Waals surface area contributed by atoms with Gasteiger partial charge in [-0.25, -0.2) is 4.98 Å². The average Bonchev–Trinajstić information content (AvgIpc) is 2.24. The fraction of sp³-hybridized carbons (Fsp3) is 0.455. The third-order valence-electron chi connectivity index (χ3n) is 3.10. The lowest BCUT2D eigenvalue weighted by Gasteiger charge is -2.44. The molecule has 0 radical (unpaired) electrons. The van der Waals surface area contributed by atoms with Crippen molar-refractivity contribution in [3.63, 3.8) is 0 Å². The Morgan fingerprint density at radius 3 is 2.81 bits per heavy atom. The van der Waals surface area contributed by atoms with E-state index in [0.29, 0.717) is 10.4 Å². The average molecular weight is 285 g/mol. The van der Waals surface area contributed by atoms with Gasteiger partial charge in [0.05, 0.1) is 0 Å². The molecule has 1 saturated heterocycles. The zero-order valence-corrected chi connectivity index (χ0v) is 10.7. The quantitative estimate of drug-likeness (QED) is 0.859. The van der Waals surface area contributed by atoms with Crippen LogP contribution in [0.2, 0.25) is 0 Å². The summed E-state index contributed by atoms with van der Waals surface area (Å²) in [6, 6.07) is 1.70. The second-order valence-corrected chi connectivity index (χ2v) is 5.11. The topological polar surface area (TPSA) is 53.4 Å². The van der Waals surface area contributed by atoms with Crippen LogP contribution in [0.15, 0.2) is 16.7 Å². The maximum absolute atomic E-state index is 12.0. The molecule has 86 valence electrons. The molecule has 1 aliphatic heterocycles. The Morgan fingerprint density at radius 2 is 2.31 bits per heavy atom. The number of nitrogens with zero attached hydrogens (tertiary/aromatic N) is 2. The summed E-state index contributed by atoms with van der Waals surface area (Å²) < 4.78 is 0.659. The van der Waals surface area contributed by atoms with Crippen LogP contribution in [0.5, 0.6) is 5.75 Å². The third-order valence-corrected chi connectivity index (χ3v) is 3.53. The number of halogens is 1. The van der Waals surface area contributed by atoms with Crippen LogP contribution in [-0.2, 0) is 0 Å². The van der Waals surface area contributed by atoms with Gasteiger partial charge in [0.2, 0.25) is 0 Å². The number of aromatic nitrogens is 1.